The van der Waals surface area contributed by atoms with E-state index in [-0.39, 0.29) is 11.6 Å². The van der Waals surface area contributed by atoms with Gasteiger partial charge in [-0.1, -0.05) is 37.3 Å². The highest BCUT2D eigenvalue weighted by atomic mass is 16.5. The van der Waals surface area contributed by atoms with Crippen LogP contribution >= 0.6 is 0 Å². The number of amides is 3. The van der Waals surface area contributed by atoms with Gasteiger partial charge in [-0.05, 0) is 53.4 Å². The zero-order chi connectivity index (χ0) is 27.7. The molecule has 1 aliphatic rings. The van der Waals surface area contributed by atoms with E-state index in [9.17, 15) is 14.4 Å². The second-order valence-corrected chi connectivity index (χ2v) is 9.27. The van der Waals surface area contributed by atoms with Gasteiger partial charge in [0, 0.05) is 49.3 Å². The summed E-state index contributed by atoms with van der Waals surface area (Å²) in [6.07, 6.45) is 4.05. The number of nitrogens with two attached hydrogens (primary N) is 1. The molecule has 0 unspecified atom stereocenters. The molecule has 1 fully saturated rings. The highest BCUT2D eigenvalue weighted by Crippen LogP contribution is 2.35. The van der Waals surface area contributed by atoms with Crippen LogP contribution in [0.1, 0.15) is 22.8 Å². The van der Waals surface area contributed by atoms with Crippen molar-refractivity contribution in [3.05, 3.63) is 94.5 Å². The minimum Gasteiger partial charge on any atom is -0.496 e. The summed E-state index contributed by atoms with van der Waals surface area (Å²) in [7, 11) is 3.26. The minimum absolute atomic E-state index is 0.138. The van der Waals surface area contributed by atoms with Crippen molar-refractivity contribution >= 4 is 23.4 Å². The Balaban J connectivity index is 1.48. The molecule has 198 valence electrons. The Morgan fingerprint density at radius 1 is 1.00 bits per heavy atom. The first-order valence-electron chi connectivity index (χ1n) is 12.6. The van der Waals surface area contributed by atoms with Gasteiger partial charge in [0.15, 0.2) is 0 Å². The lowest BCUT2D eigenvalue weighted by molar-refractivity contribution is 0.1000. The van der Waals surface area contributed by atoms with Crippen LogP contribution in [0, 0.1) is 0 Å². The molecule has 0 atom stereocenters. The molecule has 1 saturated heterocycles. The Kier molecular flexibility index (Phi) is 6.89. The Bertz CT molecular complexity index is 1630. The van der Waals surface area contributed by atoms with Crippen LogP contribution in [0.5, 0.6) is 5.75 Å². The maximum atomic E-state index is 13.5. The topological polar surface area (TPSA) is 111 Å². The maximum Gasteiger partial charge on any atom is 0.330 e. The molecule has 0 saturated carbocycles. The number of primary amides is 1. The van der Waals surface area contributed by atoms with E-state index >= 15 is 0 Å². The van der Waals surface area contributed by atoms with Gasteiger partial charge in [-0.25, -0.2) is 9.78 Å². The highest BCUT2D eigenvalue weighted by molar-refractivity contribution is 6.07. The third kappa shape index (κ3) is 4.63. The second-order valence-electron chi connectivity index (χ2n) is 9.27. The summed E-state index contributed by atoms with van der Waals surface area (Å²) in [5, 5.41) is 0. The third-order valence-electron chi connectivity index (χ3n) is 7.03. The van der Waals surface area contributed by atoms with E-state index in [2.05, 4.69) is 4.98 Å². The number of benzene rings is 2. The third-order valence-corrected chi connectivity index (χ3v) is 7.03. The SMILES string of the molecule is CCc1c(-c2ccc(-c3c(OC)ccn(C)c3=O)cc2)ccnc1N1CCN(c2cccc(C(N)=O)c2)C1=O. The van der Waals surface area contributed by atoms with E-state index in [0.717, 1.165) is 22.3 Å². The van der Waals surface area contributed by atoms with E-state index in [1.54, 1.807) is 66.7 Å². The number of aryl methyl sites for hydroxylation is 1. The lowest BCUT2D eigenvalue weighted by Gasteiger charge is -2.22. The van der Waals surface area contributed by atoms with Crippen LogP contribution in [0.15, 0.2) is 77.9 Å². The number of methoxy groups -OCH3 is 1. The molecule has 2 aromatic heterocycles. The first-order valence-corrected chi connectivity index (χ1v) is 12.6. The lowest BCUT2D eigenvalue weighted by Crippen LogP contribution is -2.33. The summed E-state index contributed by atoms with van der Waals surface area (Å²) in [4.78, 5) is 45.8. The molecule has 0 aliphatic carbocycles. The van der Waals surface area contributed by atoms with Gasteiger partial charge in [-0.2, -0.15) is 0 Å². The molecule has 0 bridgehead atoms. The van der Waals surface area contributed by atoms with Crippen molar-refractivity contribution in [1.29, 1.82) is 0 Å². The first kappa shape index (κ1) is 25.7. The number of anilines is 2. The number of nitrogens with zero attached hydrogens (tertiary/aromatic N) is 4. The number of carbonyl (C=O) groups is 2. The number of carbonyl (C=O) groups excluding carboxylic acids is 2. The van der Waals surface area contributed by atoms with Gasteiger partial charge < -0.3 is 15.0 Å². The van der Waals surface area contributed by atoms with Crippen molar-refractivity contribution in [2.75, 3.05) is 30.0 Å². The predicted octanol–water partition coefficient (Wildman–Crippen LogP) is 4.23. The van der Waals surface area contributed by atoms with Gasteiger partial charge in [-0.3, -0.25) is 19.4 Å². The molecular formula is C30H29N5O4. The standard InChI is InChI=1S/C30H29N5O4/c1-4-23-24(19-8-10-20(11-9-19)26-25(39-3)13-15-33(2)29(26)37)12-14-32-28(23)35-17-16-34(30(35)38)22-7-5-6-21(18-22)27(31)36/h5-15,18H,4,16-17H2,1-3H3,(H2,31,36). The number of urea groups is 1. The number of pyridine rings is 2. The predicted molar refractivity (Wildman–Crippen MR) is 151 cm³/mol. The van der Waals surface area contributed by atoms with Gasteiger partial charge in [0.05, 0.1) is 12.7 Å². The zero-order valence-corrected chi connectivity index (χ0v) is 22.0. The van der Waals surface area contributed by atoms with E-state index in [0.29, 0.717) is 47.9 Å². The Morgan fingerprint density at radius 3 is 2.41 bits per heavy atom. The molecule has 0 radical (unpaired) electrons. The van der Waals surface area contributed by atoms with E-state index in [4.69, 9.17) is 10.5 Å². The maximum absolute atomic E-state index is 13.5. The van der Waals surface area contributed by atoms with Gasteiger partial charge >= 0.3 is 6.03 Å². The fourth-order valence-corrected chi connectivity index (χ4v) is 5.00. The zero-order valence-electron chi connectivity index (χ0n) is 22.0. The van der Waals surface area contributed by atoms with Gasteiger partial charge in [0.2, 0.25) is 5.91 Å². The molecule has 9 nitrogen and oxygen atoms in total. The van der Waals surface area contributed by atoms with Crippen molar-refractivity contribution in [2.24, 2.45) is 12.8 Å². The molecule has 2 aromatic carbocycles. The quantitative estimate of drug-likeness (QED) is 0.390. The van der Waals surface area contributed by atoms with Gasteiger partial charge in [0.1, 0.15) is 11.6 Å². The van der Waals surface area contributed by atoms with Crippen LogP contribution in [0.2, 0.25) is 0 Å². The second kappa shape index (κ2) is 10.4. The number of ether oxygens (including phenoxy) is 1. The summed E-state index contributed by atoms with van der Waals surface area (Å²) in [5.41, 5.74) is 10.4. The molecule has 3 amide bonds. The van der Waals surface area contributed by atoms with Crippen LogP contribution in [-0.4, -0.2) is 41.7 Å². The van der Waals surface area contributed by atoms with Crippen LogP contribution in [0.25, 0.3) is 22.3 Å². The molecule has 2 N–H and O–H groups in total. The summed E-state index contributed by atoms with van der Waals surface area (Å²) in [6.45, 7) is 2.95. The molecular weight excluding hydrogens is 494 g/mol. The number of aromatic nitrogens is 2. The molecule has 0 spiro atoms. The summed E-state index contributed by atoms with van der Waals surface area (Å²) in [5.74, 6) is 0.584. The van der Waals surface area contributed by atoms with Gasteiger partial charge in [-0.15, -0.1) is 0 Å². The lowest BCUT2D eigenvalue weighted by atomic mass is 9.96. The monoisotopic (exact) mass is 523 g/mol. The van der Waals surface area contributed by atoms with E-state index in [1.165, 1.54) is 4.57 Å². The van der Waals surface area contributed by atoms with Crippen LogP contribution in [0.4, 0.5) is 16.3 Å². The van der Waals surface area contributed by atoms with Crippen molar-refractivity contribution in [2.45, 2.75) is 13.3 Å². The minimum atomic E-state index is -0.542. The number of rotatable bonds is 7. The summed E-state index contributed by atoms with van der Waals surface area (Å²) < 4.78 is 6.97. The van der Waals surface area contributed by atoms with Crippen molar-refractivity contribution in [1.82, 2.24) is 9.55 Å². The van der Waals surface area contributed by atoms with Crippen molar-refractivity contribution < 1.29 is 14.3 Å². The molecule has 9 heteroatoms. The van der Waals surface area contributed by atoms with Crippen molar-refractivity contribution in [3.8, 4) is 28.0 Å². The fourth-order valence-electron chi connectivity index (χ4n) is 5.00. The molecule has 3 heterocycles. The number of hydrogen-bond donors (Lipinski definition) is 1. The summed E-state index contributed by atoms with van der Waals surface area (Å²) in [6, 6.07) is 18.0. The van der Waals surface area contributed by atoms with Crippen molar-refractivity contribution in [3.63, 3.8) is 0 Å². The Morgan fingerprint density at radius 2 is 1.72 bits per heavy atom. The molecule has 1 aliphatic heterocycles. The number of hydrogen-bond acceptors (Lipinski definition) is 5. The smallest absolute Gasteiger partial charge is 0.330 e. The average molecular weight is 524 g/mol. The Labute approximate surface area is 226 Å². The highest BCUT2D eigenvalue weighted by Gasteiger charge is 2.33. The first-order chi connectivity index (χ1) is 18.8. The van der Waals surface area contributed by atoms with E-state index in [1.807, 2.05) is 37.3 Å². The normalized spacial score (nSPS) is 13.2. The fraction of sp³-hybridized carbons (Fsp3) is 0.200. The van der Waals surface area contributed by atoms with Crippen LogP contribution in [-0.2, 0) is 13.5 Å². The largest absolute Gasteiger partial charge is 0.496 e. The van der Waals surface area contributed by atoms with E-state index < -0.39 is 5.91 Å². The molecule has 39 heavy (non-hydrogen) atoms. The van der Waals surface area contributed by atoms with Crippen LogP contribution < -0.4 is 25.8 Å². The molecule has 5 rings (SSSR count). The summed E-state index contributed by atoms with van der Waals surface area (Å²) >= 11 is 0. The average Bonchev–Trinajstić information content (AvgIpc) is 3.35. The van der Waals surface area contributed by atoms with Crippen LogP contribution in [0.3, 0.4) is 0 Å². The van der Waals surface area contributed by atoms with Gasteiger partial charge in [0.25, 0.3) is 5.56 Å². The molecule has 4 aromatic rings. The Hall–Kier alpha value is -4.92.